The summed E-state index contributed by atoms with van der Waals surface area (Å²) < 4.78 is 0. The van der Waals surface area contributed by atoms with Crippen LogP contribution in [0.1, 0.15) is 23.0 Å². The predicted octanol–water partition coefficient (Wildman–Crippen LogP) is 2.57. The number of phenolic OH excluding ortho intramolecular Hbond substituents is 2. The van der Waals surface area contributed by atoms with Crippen LogP contribution in [-0.2, 0) is 0 Å². The Hall–Kier alpha value is -2.00. The second-order valence-electron chi connectivity index (χ2n) is 5.03. The molecule has 1 heterocycles. The van der Waals surface area contributed by atoms with Crippen LogP contribution in [0.25, 0.3) is 0 Å². The monoisotopic (exact) mass is 255 g/mol. The van der Waals surface area contributed by atoms with Crippen molar-refractivity contribution >= 4 is 0 Å². The third-order valence-electron chi connectivity index (χ3n) is 3.87. The van der Waals surface area contributed by atoms with E-state index in [2.05, 4.69) is 29.6 Å². The van der Waals surface area contributed by atoms with Gasteiger partial charge in [0.05, 0.1) is 0 Å². The fourth-order valence-corrected chi connectivity index (χ4v) is 2.85. The summed E-state index contributed by atoms with van der Waals surface area (Å²) in [5, 5.41) is 22.5. The Labute approximate surface area is 112 Å². The van der Waals surface area contributed by atoms with Crippen molar-refractivity contribution in [3.05, 3.63) is 59.7 Å². The molecule has 1 aliphatic heterocycles. The van der Waals surface area contributed by atoms with Gasteiger partial charge in [0.15, 0.2) is 11.5 Å². The molecule has 0 radical (unpaired) electrons. The predicted molar refractivity (Wildman–Crippen MR) is 74.6 cm³/mol. The molecular weight excluding hydrogens is 238 g/mol. The Bertz CT molecular complexity index is 568. The van der Waals surface area contributed by atoms with Crippen LogP contribution in [0.5, 0.6) is 11.5 Å². The van der Waals surface area contributed by atoms with E-state index in [1.807, 2.05) is 12.1 Å². The molecule has 1 fully saturated rings. The minimum atomic E-state index is -0.0639. The lowest BCUT2D eigenvalue weighted by Gasteiger charge is -2.19. The van der Waals surface area contributed by atoms with E-state index in [4.69, 9.17) is 0 Å². The first kappa shape index (κ1) is 12.1. The van der Waals surface area contributed by atoms with Gasteiger partial charge in [-0.2, -0.15) is 0 Å². The molecule has 2 atom stereocenters. The zero-order valence-electron chi connectivity index (χ0n) is 10.6. The minimum Gasteiger partial charge on any atom is -0.504 e. The van der Waals surface area contributed by atoms with Crippen molar-refractivity contribution < 1.29 is 10.2 Å². The van der Waals surface area contributed by atoms with Crippen LogP contribution in [0.2, 0.25) is 0 Å². The van der Waals surface area contributed by atoms with E-state index < -0.39 is 0 Å². The molecule has 98 valence electrons. The van der Waals surface area contributed by atoms with E-state index in [0.717, 1.165) is 18.7 Å². The molecule has 1 aliphatic rings. The summed E-state index contributed by atoms with van der Waals surface area (Å²) in [7, 11) is 0. The largest absolute Gasteiger partial charge is 0.504 e. The molecular formula is C16H17NO2. The highest BCUT2D eigenvalue weighted by atomic mass is 16.3. The van der Waals surface area contributed by atoms with Gasteiger partial charge in [-0.1, -0.05) is 36.4 Å². The summed E-state index contributed by atoms with van der Waals surface area (Å²) in [6.45, 7) is 1.83. The van der Waals surface area contributed by atoms with Crippen molar-refractivity contribution in [1.29, 1.82) is 0 Å². The van der Waals surface area contributed by atoms with E-state index in [0.29, 0.717) is 11.8 Å². The van der Waals surface area contributed by atoms with Crippen LogP contribution in [0.4, 0.5) is 0 Å². The molecule has 2 aromatic carbocycles. The maximum Gasteiger partial charge on any atom is 0.157 e. The third kappa shape index (κ3) is 2.29. The van der Waals surface area contributed by atoms with Crippen molar-refractivity contribution in [2.75, 3.05) is 13.1 Å². The van der Waals surface area contributed by atoms with Gasteiger partial charge in [-0.3, -0.25) is 0 Å². The molecule has 0 bridgehead atoms. The summed E-state index contributed by atoms with van der Waals surface area (Å²) in [5.41, 5.74) is 2.37. The Morgan fingerprint density at radius 2 is 1.47 bits per heavy atom. The maximum atomic E-state index is 9.65. The van der Waals surface area contributed by atoms with E-state index in [-0.39, 0.29) is 11.5 Å². The molecule has 3 rings (SSSR count). The van der Waals surface area contributed by atoms with Gasteiger partial charge < -0.3 is 15.5 Å². The maximum absolute atomic E-state index is 9.65. The van der Waals surface area contributed by atoms with E-state index in [9.17, 15) is 10.2 Å². The van der Waals surface area contributed by atoms with Crippen LogP contribution in [0.3, 0.4) is 0 Å². The van der Waals surface area contributed by atoms with Gasteiger partial charge in [0.2, 0.25) is 0 Å². The van der Waals surface area contributed by atoms with Gasteiger partial charge in [-0.15, -0.1) is 0 Å². The lowest BCUT2D eigenvalue weighted by molar-refractivity contribution is 0.402. The lowest BCUT2D eigenvalue weighted by Crippen LogP contribution is -2.08. The number of benzene rings is 2. The average molecular weight is 255 g/mol. The zero-order valence-corrected chi connectivity index (χ0v) is 10.6. The highest BCUT2D eigenvalue weighted by Crippen LogP contribution is 2.38. The first-order valence-corrected chi connectivity index (χ1v) is 6.53. The molecule has 0 saturated carbocycles. The number of hydrogen-bond acceptors (Lipinski definition) is 3. The van der Waals surface area contributed by atoms with Crippen molar-refractivity contribution in [2.45, 2.75) is 11.8 Å². The summed E-state index contributed by atoms with van der Waals surface area (Å²) in [6, 6.07) is 15.5. The first-order valence-electron chi connectivity index (χ1n) is 6.53. The standard InChI is InChI=1S/C16H17NO2/c18-15-7-6-12(8-16(15)19)14-10-17-9-13(14)11-4-2-1-3-5-11/h1-8,13-14,17-19H,9-10H2. The Kier molecular flexibility index (Phi) is 3.13. The van der Waals surface area contributed by atoms with Crippen LogP contribution < -0.4 is 5.32 Å². The van der Waals surface area contributed by atoms with Gasteiger partial charge in [-0.25, -0.2) is 0 Å². The molecule has 0 spiro atoms. The molecule has 0 aromatic heterocycles. The summed E-state index contributed by atoms with van der Waals surface area (Å²) in [5.74, 6) is 0.626. The highest BCUT2D eigenvalue weighted by Gasteiger charge is 2.29. The molecule has 0 amide bonds. The highest BCUT2D eigenvalue weighted by molar-refractivity contribution is 5.43. The van der Waals surface area contributed by atoms with Gasteiger partial charge >= 0.3 is 0 Å². The van der Waals surface area contributed by atoms with E-state index >= 15 is 0 Å². The second kappa shape index (κ2) is 4.94. The molecule has 3 nitrogen and oxygen atoms in total. The molecule has 2 aromatic rings. The molecule has 0 aliphatic carbocycles. The average Bonchev–Trinajstić information content (AvgIpc) is 2.92. The quantitative estimate of drug-likeness (QED) is 0.723. The number of hydrogen-bond donors (Lipinski definition) is 3. The lowest BCUT2D eigenvalue weighted by atomic mass is 9.84. The Morgan fingerprint density at radius 3 is 2.16 bits per heavy atom. The second-order valence-corrected chi connectivity index (χ2v) is 5.03. The van der Waals surface area contributed by atoms with Crippen LogP contribution >= 0.6 is 0 Å². The summed E-state index contributed by atoms with van der Waals surface area (Å²) >= 11 is 0. The number of rotatable bonds is 2. The molecule has 19 heavy (non-hydrogen) atoms. The van der Waals surface area contributed by atoms with E-state index in [1.54, 1.807) is 12.1 Å². The van der Waals surface area contributed by atoms with Crippen molar-refractivity contribution in [3.63, 3.8) is 0 Å². The topological polar surface area (TPSA) is 52.5 Å². The normalized spacial score (nSPS) is 22.5. The smallest absolute Gasteiger partial charge is 0.157 e. The fraction of sp³-hybridized carbons (Fsp3) is 0.250. The summed E-state index contributed by atoms with van der Waals surface area (Å²) in [6.07, 6.45) is 0. The van der Waals surface area contributed by atoms with Crippen LogP contribution in [-0.4, -0.2) is 23.3 Å². The number of nitrogens with one attached hydrogen (secondary N) is 1. The molecule has 1 saturated heterocycles. The van der Waals surface area contributed by atoms with Gasteiger partial charge in [0.25, 0.3) is 0 Å². The number of aromatic hydroxyl groups is 2. The minimum absolute atomic E-state index is 0.0452. The van der Waals surface area contributed by atoms with Crippen molar-refractivity contribution in [2.24, 2.45) is 0 Å². The SMILES string of the molecule is Oc1ccc(C2CNCC2c2ccccc2)cc1O. The van der Waals surface area contributed by atoms with Crippen LogP contribution in [0, 0.1) is 0 Å². The van der Waals surface area contributed by atoms with Crippen molar-refractivity contribution in [3.8, 4) is 11.5 Å². The molecule has 3 heteroatoms. The molecule has 3 N–H and O–H groups in total. The zero-order chi connectivity index (χ0) is 13.2. The third-order valence-corrected chi connectivity index (χ3v) is 3.87. The van der Waals surface area contributed by atoms with Crippen molar-refractivity contribution in [1.82, 2.24) is 5.32 Å². The fourth-order valence-electron chi connectivity index (χ4n) is 2.85. The molecule has 2 unspecified atom stereocenters. The summed E-state index contributed by atoms with van der Waals surface area (Å²) in [4.78, 5) is 0. The Morgan fingerprint density at radius 1 is 0.789 bits per heavy atom. The van der Waals surface area contributed by atoms with E-state index in [1.165, 1.54) is 5.56 Å². The van der Waals surface area contributed by atoms with Gasteiger partial charge in [0, 0.05) is 24.9 Å². The first-order chi connectivity index (χ1) is 9.25. The Balaban J connectivity index is 1.93. The van der Waals surface area contributed by atoms with Gasteiger partial charge in [0.1, 0.15) is 0 Å². The number of phenols is 2. The van der Waals surface area contributed by atoms with Gasteiger partial charge in [-0.05, 0) is 23.3 Å². The van der Waals surface area contributed by atoms with Crippen LogP contribution in [0.15, 0.2) is 48.5 Å².